The zero-order valence-electron chi connectivity index (χ0n) is 28.9. The molecule has 0 spiro atoms. The van der Waals surface area contributed by atoms with Crippen LogP contribution in [0.2, 0.25) is 18.1 Å². The van der Waals surface area contributed by atoms with Crippen molar-refractivity contribution < 1.29 is 19.1 Å². The van der Waals surface area contributed by atoms with Crippen LogP contribution in [0.4, 0.5) is 0 Å². The topological polar surface area (TPSA) is 75.6 Å². The van der Waals surface area contributed by atoms with Gasteiger partial charge in [-0.2, -0.15) is 0 Å². The number of Topliss-reactive ketones (excluding diaryl/α,β-unsaturated/α-hetero) is 1. The van der Waals surface area contributed by atoms with Gasteiger partial charge in [0, 0.05) is 18.3 Å². The first-order chi connectivity index (χ1) is 20.3. The molecule has 1 aliphatic heterocycles. The number of carbonyl (C=O) groups excluding carboxylic acids is 2. The van der Waals surface area contributed by atoms with Crippen LogP contribution in [0.15, 0.2) is 70.9 Å². The summed E-state index contributed by atoms with van der Waals surface area (Å²) in [5.74, 6) is 0.452. The third-order valence-corrected chi connectivity index (χ3v) is 15.3. The predicted octanol–water partition coefficient (Wildman–Crippen LogP) is 8.47. The van der Waals surface area contributed by atoms with Crippen molar-refractivity contribution in [2.45, 2.75) is 112 Å². The van der Waals surface area contributed by atoms with E-state index >= 15 is 0 Å². The molecule has 0 unspecified atom stereocenters. The summed E-state index contributed by atoms with van der Waals surface area (Å²) >= 11 is 0. The van der Waals surface area contributed by atoms with Crippen molar-refractivity contribution in [3.8, 4) is 5.75 Å². The number of hydrogen-bond donors (Lipinski definition) is 2. The molecule has 1 aromatic rings. The smallest absolute Gasteiger partial charge is 0.257 e. The highest BCUT2D eigenvalue weighted by molar-refractivity contribution is 6.74. The molecule has 1 saturated carbocycles. The Balaban J connectivity index is 1.64. The Kier molecular flexibility index (Phi) is 9.51. The van der Waals surface area contributed by atoms with Gasteiger partial charge in [-0.3, -0.25) is 9.59 Å². The highest BCUT2D eigenvalue weighted by atomic mass is 28.4. The third-order valence-electron chi connectivity index (χ3n) is 10.9. The van der Waals surface area contributed by atoms with E-state index in [2.05, 4.69) is 92.0 Å². The fourth-order valence-corrected chi connectivity index (χ4v) is 8.72. The van der Waals surface area contributed by atoms with E-state index in [0.717, 1.165) is 41.7 Å². The lowest BCUT2D eigenvalue weighted by atomic mass is 9.52. The summed E-state index contributed by atoms with van der Waals surface area (Å²) in [6.45, 7) is 24.0. The average molecular weight is 618 g/mol. The Hall–Kier alpha value is -2.70. The van der Waals surface area contributed by atoms with E-state index in [0.29, 0.717) is 5.92 Å². The molecular formula is C38H55NO4Si. The maximum absolute atomic E-state index is 14.6. The molecule has 1 heterocycles. The molecule has 3 aliphatic rings. The largest absolute Gasteiger partial charge is 0.544 e. The Labute approximate surface area is 267 Å². The monoisotopic (exact) mass is 617 g/mol. The van der Waals surface area contributed by atoms with Gasteiger partial charge in [0.15, 0.2) is 11.5 Å². The fourth-order valence-electron chi connectivity index (χ4n) is 7.68. The lowest BCUT2D eigenvalue weighted by molar-refractivity contribution is -0.129. The molecule has 44 heavy (non-hydrogen) atoms. The number of rotatable bonds is 8. The summed E-state index contributed by atoms with van der Waals surface area (Å²) in [5.41, 5.74) is 2.70. The minimum atomic E-state index is -1.98. The highest BCUT2D eigenvalue weighted by Crippen LogP contribution is 2.56. The van der Waals surface area contributed by atoms with Crippen LogP contribution < -0.4 is 9.74 Å². The molecule has 2 aliphatic carbocycles. The first kappa shape index (κ1) is 34.2. The number of carbonyl (C=O) groups is 2. The van der Waals surface area contributed by atoms with Crippen LogP contribution >= 0.6 is 0 Å². The van der Waals surface area contributed by atoms with E-state index in [1.54, 1.807) is 0 Å². The van der Waals surface area contributed by atoms with Gasteiger partial charge in [0.05, 0.1) is 5.57 Å². The summed E-state index contributed by atoms with van der Waals surface area (Å²) in [7, 11) is -1.98. The first-order valence-corrected chi connectivity index (χ1v) is 19.3. The number of allylic oxidation sites excluding steroid dienone is 6. The van der Waals surface area contributed by atoms with Crippen LogP contribution in [0, 0.1) is 29.1 Å². The van der Waals surface area contributed by atoms with Crippen LogP contribution in [-0.4, -0.2) is 30.8 Å². The number of fused-ring (bicyclic) bond motifs is 1. The number of nitrogens with one attached hydrogen (secondary N) is 1. The lowest BCUT2D eigenvalue weighted by Crippen LogP contribution is -2.48. The number of amides is 1. The molecule has 4 rings (SSSR count). The van der Waals surface area contributed by atoms with Gasteiger partial charge in [-0.25, -0.2) is 0 Å². The third kappa shape index (κ3) is 6.91. The summed E-state index contributed by atoms with van der Waals surface area (Å²) in [4.78, 5) is 28.0. The quantitative estimate of drug-likeness (QED) is 0.133. The molecule has 240 valence electrons. The molecule has 2 N–H and O–H groups in total. The van der Waals surface area contributed by atoms with Crippen molar-refractivity contribution in [3.05, 3.63) is 76.4 Å². The zero-order valence-corrected chi connectivity index (χ0v) is 29.9. The van der Waals surface area contributed by atoms with Gasteiger partial charge in [-0.05, 0) is 99.7 Å². The molecule has 5 nitrogen and oxygen atoms in total. The molecular weight excluding hydrogens is 563 g/mol. The lowest BCUT2D eigenvalue weighted by Gasteiger charge is -2.52. The number of ketones is 1. The van der Waals surface area contributed by atoms with Crippen LogP contribution in [0.5, 0.6) is 5.75 Å². The Bertz CT molecular complexity index is 1410. The van der Waals surface area contributed by atoms with Gasteiger partial charge in [0.2, 0.25) is 8.32 Å². The Morgan fingerprint density at radius 2 is 1.77 bits per heavy atom. The number of aliphatic hydroxyl groups is 1. The van der Waals surface area contributed by atoms with E-state index in [1.807, 2.05) is 31.2 Å². The van der Waals surface area contributed by atoms with Gasteiger partial charge >= 0.3 is 0 Å². The standard InChI is InChI=1S/C38H55NO4Si/c1-12-24(2)19-26(4)32-27(5)21-37(9)20-25(3)13-18-31(37)33(32)34(40)30-23-38(42,39-35(30)41)22-28-14-16-29(17-15-28)43-44(10,11)36(6,7)8/h12,14-17,19,21,23,25,31-33,42H,13,18,20,22H2,1-11H3,(H,39,41)/b24-12+,26-19+/t25-,31+,32-,33+,37+,38+/m1/s1. The van der Waals surface area contributed by atoms with Gasteiger partial charge in [-0.1, -0.05) is 88.1 Å². The van der Waals surface area contributed by atoms with E-state index in [1.165, 1.54) is 11.6 Å². The van der Waals surface area contributed by atoms with Crippen molar-refractivity contribution in [2.75, 3.05) is 0 Å². The Morgan fingerprint density at radius 1 is 1.14 bits per heavy atom. The minimum Gasteiger partial charge on any atom is -0.544 e. The normalized spacial score (nSPS) is 31.6. The maximum atomic E-state index is 14.6. The summed E-state index contributed by atoms with van der Waals surface area (Å²) < 4.78 is 6.41. The Morgan fingerprint density at radius 3 is 2.36 bits per heavy atom. The summed E-state index contributed by atoms with van der Waals surface area (Å²) in [6.07, 6.45) is 11.4. The second-order valence-electron chi connectivity index (χ2n) is 15.8. The summed E-state index contributed by atoms with van der Waals surface area (Å²) in [5, 5.41) is 14.4. The molecule has 6 heteroatoms. The second-order valence-corrected chi connectivity index (χ2v) is 20.5. The zero-order chi connectivity index (χ0) is 32.8. The predicted molar refractivity (Wildman–Crippen MR) is 183 cm³/mol. The highest BCUT2D eigenvalue weighted by Gasteiger charge is 2.53. The number of hydrogen-bond acceptors (Lipinski definition) is 4. The van der Waals surface area contributed by atoms with E-state index in [9.17, 15) is 14.7 Å². The average Bonchev–Trinajstić information content (AvgIpc) is 3.20. The SMILES string of the molecule is C/C=C(C)/C=C(\C)[C@@H]1C(C)=C[C@]2(C)C[C@H](C)CC[C@H]2[C@@H]1C(=O)C1=C[C@@](O)(Cc2ccc(O[Si](C)(C)C(C)(C)C)cc2)NC1=O. The molecule has 0 bridgehead atoms. The molecule has 0 aromatic heterocycles. The van der Waals surface area contributed by atoms with Crippen molar-refractivity contribution in [1.29, 1.82) is 0 Å². The molecule has 1 aromatic carbocycles. The van der Waals surface area contributed by atoms with E-state index < -0.39 is 19.9 Å². The fraction of sp³-hybridized carbons (Fsp3) is 0.579. The van der Waals surface area contributed by atoms with Crippen molar-refractivity contribution in [2.24, 2.45) is 29.1 Å². The van der Waals surface area contributed by atoms with Gasteiger partial charge in [0.25, 0.3) is 5.91 Å². The minimum absolute atomic E-state index is 0.0836. The van der Waals surface area contributed by atoms with Gasteiger partial charge < -0.3 is 14.8 Å². The van der Waals surface area contributed by atoms with Crippen LogP contribution in [-0.2, 0) is 16.0 Å². The van der Waals surface area contributed by atoms with Crippen LogP contribution in [0.25, 0.3) is 0 Å². The van der Waals surface area contributed by atoms with Crippen LogP contribution in [0.3, 0.4) is 0 Å². The first-order valence-electron chi connectivity index (χ1n) is 16.4. The van der Waals surface area contributed by atoms with Crippen molar-refractivity contribution in [3.63, 3.8) is 0 Å². The van der Waals surface area contributed by atoms with Crippen LogP contribution in [0.1, 0.15) is 87.1 Å². The van der Waals surface area contributed by atoms with Crippen molar-refractivity contribution >= 4 is 20.0 Å². The van der Waals surface area contributed by atoms with E-state index in [-0.39, 0.29) is 46.0 Å². The molecule has 6 atom stereocenters. The molecule has 1 fully saturated rings. The van der Waals surface area contributed by atoms with Gasteiger partial charge in [0.1, 0.15) is 5.75 Å². The van der Waals surface area contributed by atoms with Gasteiger partial charge in [-0.15, -0.1) is 0 Å². The molecule has 1 amide bonds. The molecule has 0 radical (unpaired) electrons. The summed E-state index contributed by atoms with van der Waals surface area (Å²) in [6, 6.07) is 7.72. The van der Waals surface area contributed by atoms with E-state index in [4.69, 9.17) is 4.43 Å². The van der Waals surface area contributed by atoms with Crippen molar-refractivity contribution in [1.82, 2.24) is 5.32 Å². The maximum Gasteiger partial charge on any atom is 0.257 e. The molecule has 0 saturated heterocycles. The number of benzene rings is 1. The second kappa shape index (κ2) is 12.2.